The Hall–Kier alpha value is -3.78. The van der Waals surface area contributed by atoms with Gasteiger partial charge in [0, 0.05) is 36.0 Å². The summed E-state index contributed by atoms with van der Waals surface area (Å²) in [5.41, 5.74) is 3.29. The highest BCUT2D eigenvalue weighted by Crippen LogP contribution is 2.23. The molecule has 32 heavy (non-hydrogen) atoms. The Kier molecular flexibility index (Phi) is 5.51. The molecule has 0 saturated carbocycles. The van der Waals surface area contributed by atoms with Crippen molar-refractivity contribution in [3.8, 4) is 16.9 Å². The van der Waals surface area contributed by atoms with Crippen molar-refractivity contribution in [3.63, 3.8) is 0 Å². The molecule has 2 aromatic carbocycles. The maximum absolute atomic E-state index is 12.7. The minimum atomic E-state index is -0.263. The quantitative estimate of drug-likeness (QED) is 0.506. The lowest BCUT2D eigenvalue weighted by molar-refractivity contribution is 0.102. The predicted molar refractivity (Wildman–Crippen MR) is 123 cm³/mol. The van der Waals surface area contributed by atoms with Gasteiger partial charge in [0.25, 0.3) is 5.91 Å². The minimum Gasteiger partial charge on any atom is -0.490 e. The molecule has 4 aromatic rings. The highest BCUT2D eigenvalue weighted by atomic mass is 16.5. The summed E-state index contributed by atoms with van der Waals surface area (Å²) in [5, 5.41) is 11.2. The molecular weight excluding hydrogens is 404 g/mol. The summed E-state index contributed by atoms with van der Waals surface area (Å²) in [6.45, 7) is 1.95. The van der Waals surface area contributed by atoms with Gasteiger partial charge >= 0.3 is 0 Å². The highest BCUT2D eigenvalue weighted by Gasteiger charge is 2.15. The van der Waals surface area contributed by atoms with E-state index in [1.54, 1.807) is 23.0 Å². The number of hydrogen-bond donors (Lipinski definition) is 2. The van der Waals surface area contributed by atoms with Crippen LogP contribution in [0.25, 0.3) is 22.0 Å². The van der Waals surface area contributed by atoms with Crippen LogP contribution in [0.5, 0.6) is 5.75 Å². The zero-order chi connectivity index (χ0) is 21.9. The average molecular weight is 428 g/mol. The lowest BCUT2D eigenvalue weighted by Gasteiger charge is -2.23. The first kappa shape index (κ1) is 20.1. The molecule has 8 nitrogen and oxygen atoms in total. The van der Waals surface area contributed by atoms with Gasteiger partial charge in [-0.1, -0.05) is 12.1 Å². The fourth-order valence-corrected chi connectivity index (χ4v) is 3.80. The van der Waals surface area contributed by atoms with Crippen molar-refractivity contribution in [2.75, 3.05) is 18.4 Å². The number of nitrogens with one attached hydrogen (secondary N) is 2. The second-order valence-electron chi connectivity index (χ2n) is 7.92. The zero-order valence-electron chi connectivity index (χ0n) is 17.8. The lowest BCUT2D eigenvalue weighted by Crippen LogP contribution is -2.34. The normalized spacial score (nSPS) is 14.4. The van der Waals surface area contributed by atoms with E-state index in [2.05, 4.69) is 25.7 Å². The number of rotatable bonds is 5. The Morgan fingerprint density at radius 2 is 1.91 bits per heavy atom. The van der Waals surface area contributed by atoms with Gasteiger partial charge in [-0.25, -0.2) is 9.97 Å². The molecule has 5 rings (SSSR count). The van der Waals surface area contributed by atoms with Gasteiger partial charge in [-0.3, -0.25) is 14.8 Å². The van der Waals surface area contributed by atoms with E-state index in [0.717, 1.165) is 53.7 Å². The van der Waals surface area contributed by atoms with Crippen LogP contribution in [0.4, 0.5) is 5.95 Å². The molecule has 0 spiro atoms. The molecule has 0 bridgehead atoms. The standard InChI is InChI=1S/C24H24N6O2/c1-30-15-19(14-27-30)17-2-3-18-13-26-24(28-22(18)12-17)29-23(31)16-4-6-20(7-5-16)32-21-8-10-25-11-9-21/h2-7,12-15,21,25H,8-11H2,1H3,(H,26,28,29,31). The van der Waals surface area contributed by atoms with Crippen LogP contribution in [0.15, 0.2) is 61.1 Å². The molecule has 1 fully saturated rings. The summed E-state index contributed by atoms with van der Waals surface area (Å²) < 4.78 is 7.76. The van der Waals surface area contributed by atoms with Gasteiger partial charge in [-0.05, 0) is 61.8 Å². The number of hydrogen-bond acceptors (Lipinski definition) is 6. The van der Waals surface area contributed by atoms with E-state index in [-0.39, 0.29) is 18.0 Å². The highest BCUT2D eigenvalue weighted by molar-refractivity contribution is 6.03. The van der Waals surface area contributed by atoms with Crippen LogP contribution in [0, 0.1) is 0 Å². The van der Waals surface area contributed by atoms with Crippen molar-refractivity contribution >= 4 is 22.8 Å². The Labute approximate surface area is 185 Å². The monoisotopic (exact) mass is 428 g/mol. The number of amides is 1. The maximum atomic E-state index is 12.7. The third-order valence-electron chi connectivity index (χ3n) is 5.55. The molecule has 0 radical (unpaired) electrons. The number of carbonyl (C=O) groups is 1. The number of benzene rings is 2. The van der Waals surface area contributed by atoms with Gasteiger partial charge in [0.15, 0.2) is 0 Å². The van der Waals surface area contributed by atoms with Crippen LogP contribution in [0.3, 0.4) is 0 Å². The number of aromatic nitrogens is 4. The van der Waals surface area contributed by atoms with Crippen molar-refractivity contribution in [3.05, 3.63) is 66.6 Å². The first-order valence-corrected chi connectivity index (χ1v) is 10.7. The van der Waals surface area contributed by atoms with Crippen molar-refractivity contribution < 1.29 is 9.53 Å². The van der Waals surface area contributed by atoms with E-state index in [0.29, 0.717) is 5.56 Å². The number of anilines is 1. The van der Waals surface area contributed by atoms with E-state index < -0.39 is 0 Å². The van der Waals surface area contributed by atoms with Gasteiger partial charge in [-0.2, -0.15) is 5.10 Å². The van der Waals surface area contributed by atoms with Gasteiger partial charge in [0.1, 0.15) is 11.9 Å². The smallest absolute Gasteiger partial charge is 0.258 e. The number of aryl methyl sites for hydroxylation is 1. The van der Waals surface area contributed by atoms with Crippen molar-refractivity contribution in [1.82, 2.24) is 25.1 Å². The van der Waals surface area contributed by atoms with Crippen molar-refractivity contribution in [1.29, 1.82) is 0 Å². The van der Waals surface area contributed by atoms with E-state index in [1.807, 2.05) is 49.8 Å². The number of piperidine rings is 1. The van der Waals surface area contributed by atoms with Gasteiger partial charge in [0.05, 0.1) is 11.7 Å². The molecule has 2 N–H and O–H groups in total. The van der Waals surface area contributed by atoms with E-state index in [9.17, 15) is 4.79 Å². The third-order valence-corrected chi connectivity index (χ3v) is 5.55. The first-order valence-electron chi connectivity index (χ1n) is 10.7. The Balaban J connectivity index is 1.29. The molecule has 3 heterocycles. The van der Waals surface area contributed by atoms with Crippen LogP contribution in [-0.2, 0) is 7.05 Å². The Bertz CT molecular complexity index is 1250. The van der Waals surface area contributed by atoms with Crippen LogP contribution in [0.1, 0.15) is 23.2 Å². The molecule has 2 aromatic heterocycles. The third kappa shape index (κ3) is 4.45. The van der Waals surface area contributed by atoms with Crippen LogP contribution >= 0.6 is 0 Å². The number of nitrogens with zero attached hydrogens (tertiary/aromatic N) is 4. The van der Waals surface area contributed by atoms with E-state index in [4.69, 9.17) is 4.74 Å². The zero-order valence-corrected chi connectivity index (χ0v) is 17.8. The molecule has 0 atom stereocenters. The summed E-state index contributed by atoms with van der Waals surface area (Å²) in [4.78, 5) is 21.5. The molecule has 0 aliphatic carbocycles. The van der Waals surface area contributed by atoms with Crippen LogP contribution < -0.4 is 15.4 Å². The Morgan fingerprint density at radius 3 is 2.66 bits per heavy atom. The van der Waals surface area contributed by atoms with E-state index >= 15 is 0 Å². The van der Waals surface area contributed by atoms with Crippen molar-refractivity contribution in [2.45, 2.75) is 18.9 Å². The van der Waals surface area contributed by atoms with E-state index in [1.165, 1.54) is 0 Å². The molecular formula is C24H24N6O2. The minimum absolute atomic E-state index is 0.221. The van der Waals surface area contributed by atoms with Gasteiger partial charge in [-0.15, -0.1) is 0 Å². The summed E-state index contributed by atoms with van der Waals surface area (Å²) >= 11 is 0. The fraction of sp³-hybridized carbons (Fsp3) is 0.250. The van der Waals surface area contributed by atoms with Crippen molar-refractivity contribution in [2.24, 2.45) is 7.05 Å². The first-order chi connectivity index (χ1) is 15.6. The second kappa shape index (κ2) is 8.76. The summed E-state index contributed by atoms with van der Waals surface area (Å²) in [6.07, 6.45) is 7.67. The summed E-state index contributed by atoms with van der Waals surface area (Å²) in [5.74, 6) is 0.778. The fourth-order valence-electron chi connectivity index (χ4n) is 3.80. The maximum Gasteiger partial charge on any atom is 0.258 e. The SMILES string of the molecule is Cn1cc(-c2ccc3cnc(NC(=O)c4ccc(OC5CCNCC5)cc4)nc3c2)cn1. The number of fused-ring (bicyclic) bond motifs is 1. The summed E-state index contributed by atoms with van der Waals surface area (Å²) in [7, 11) is 1.88. The van der Waals surface area contributed by atoms with Gasteiger partial charge < -0.3 is 10.1 Å². The molecule has 162 valence electrons. The largest absolute Gasteiger partial charge is 0.490 e. The van der Waals surface area contributed by atoms with Crippen LogP contribution in [0.2, 0.25) is 0 Å². The van der Waals surface area contributed by atoms with Crippen LogP contribution in [-0.4, -0.2) is 44.8 Å². The molecule has 0 unspecified atom stereocenters. The number of ether oxygens (including phenoxy) is 1. The Morgan fingerprint density at radius 1 is 1.09 bits per heavy atom. The van der Waals surface area contributed by atoms with Gasteiger partial charge in [0.2, 0.25) is 5.95 Å². The predicted octanol–water partition coefficient (Wildman–Crippen LogP) is 3.41. The topological polar surface area (TPSA) is 94.0 Å². The molecule has 1 saturated heterocycles. The second-order valence-corrected chi connectivity index (χ2v) is 7.92. The lowest BCUT2D eigenvalue weighted by atomic mass is 10.1. The molecule has 1 aliphatic heterocycles. The summed E-state index contributed by atoms with van der Waals surface area (Å²) in [6, 6.07) is 13.1. The molecule has 1 amide bonds. The molecule has 1 aliphatic rings. The number of carbonyl (C=O) groups excluding carboxylic acids is 1. The average Bonchev–Trinajstić information content (AvgIpc) is 3.26. The molecule has 8 heteroatoms.